The van der Waals surface area contributed by atoms with Crippen molar-refractivity contribution < 1.29 is 32.5 Å². The molecule has 9 nitrogen and oxygen atoms in total. The number of carbonyl (C=O) groups excluding carboxylic acids is 1. The number of methoxy groups -OCH3 is 1. The van der Waals surface area contributed by atoms with Crippen LogP contribution in [0.25, 0.3) is 0 Å². The highest BCUT2D eigenvalue weighted by Crippen LogP contribution is 2.32. The Morgan fingerprint density at radius 1 is 1.06 bits per heavy atom. The van der Waals surface area contributed by atoms with E-state index < -0.39 is 15.9 Å². The van der Waals surface area contributed by atoms with Crippen molar-refractivity contribution in [2.75, 3.05) is 45.3 Å². The summed E-state index contributed by atoms with van der Waals surface area (Å²) >= 11 is 0. The van der Waals surface area contributed by atoms with Crippen molar-refractivity contribution in [2.45, 2.75) is 24.7 Å². The van der Waals surface area contributed by atoms with E-state index in [1.807, 2.05) is 0 Å². The molecule has 2 N–H and O–H groups in total. The summed E-state index contributed by atoms with van der Waals surface area (Å²) < 4.78 is 43.9. The number of hydrogen-bond acceptors (Lipinski definition) is 7. The van der Waals surface area contributed by atoms with E-state index in [1.165, 1.54) is 23.5 Å². The van der Waals surface area contributed by atoms with Gasteiger partial charge in [0.1, 0.15) is 17.3 Å². The molecule has 0 radical (unpaired) electrons. The minimum atomic E-state index is -3.74. The second-order valence-corrected chi connectivity index (χ2v) is 9.00. The number of carbonyl (C=O) groups is 1. The van der Waals surface area contributed by atoms with Crippen LogP contribution in [0.2, 0.25) is 0 Å². The van der Waals surface area contributed by atoms with Crippen molar-refractivity contribution in [3.8, 4) is 17.2 Å². The van der Waals surface area contributed by atoms with E-state index >= 15 is 0 Å². The molecule has 0 spiro atoms. The lowest BCUT2D eigenvalue weighted by atomic mass is 10.1. The zero-order valence-corrected chi connectivity index (χ0v) is 19.0. The standard InChI is InChI=1S/C22H28N2O7S/c1-3-30-19-9-7-17(15-21(19)32(27,28)24-10-4-5-11-24)23-22(26)16-6-8-18(29-2)20(14-16)31-13-12-25/h6-9,14-15,25H,3-5,10-13H2,1-2H3,(H,23,26). The first-order valence-electron chi connectivity index (χ1n) is 10.4. The summed E-state index contributed by atoms with van der Waals surface area (Å²) in [6, 6.07) is 9.22. The van der Waals surface area contributed by atoms with E-state index in [0.29, 0.717) is 36.9 Å². The first-order chi connectivity index (χ1) is 15.4. The Hall–Kier alpha value is -2.82. The topological polar surface area (TPSA) is 114 Å². The Labute approximate surface area is 187 Å². The Bertz CT molecular complexity index is 1050. The second kappa shape index (κ2) is 10.7. The number of amides is 1. The molecule has 1 fully saturated rings. The van der Waals surface area contributed by atoms with Gasteiger partial charge in [0, 0.05) is 24.3 Å². The fourth-order valence-electron chi connectivity index (χ4n) is 3.42. The molecule has 174 valence electrons. The number of hydrogen-bond donors (Lipinski definition) is 2. The number of sulfonamides is 1. The van der Waals surface area contributed by atoms with Crippen LogP contribution >= 0.6 is 0 Å². The highest BCUT2D eigenvalue weighted by Gasteiger charge is 2.30. The van der Waals surface area contributed by atoms with Crippen molar-refractivity contribution >= 4 is 21.6 Å². The molecule has 0 unspecified atom stereocenters. The molecule has 3 rings (SSSR count). The van der Waals surface area contributed by atoms with Gasteiger partial charge >= 0.3 is 0 Å². The summed E-state index contributed by atoms with van der Waals surface area (Å²) in [5, 5.41) is 11.7. The van der Waals surface area contributed by atoms with Gasteiger partial charge in [-0.15, -0.1) is 0 Å². The Morgan fingerprint density at radius 2 is 1.78 bits per heavy atom. The van der Waals surface area contributed by atoms with Crippen molar-refractivity contribution in [1.82, 2.24) is 4.31 Å². The largest absolute Gasteiger partial charge is 0.493 e. The van der Waals surface area contributed by atoms with Gasteiger partial charge < -0.3 is 24.6 Å². The van der Waals surface area contributed by atoms with Crippen LogP contribution in [0.1, 0.15) is 30.1 Å². The summed E-state index contributed by atoms with van der Waals surface area (Å²) in [6.45, 7) is 2.90. The SMILES string of the molecule is CCOc1ccc(NC(=O)c2ccc(OC)c(OCCO)c2)cc1S(=O)(=O)N1CCCC1. The Kier molecular flexibility index (Phi) is 7.94. The summed E-state index contributed by atoms with van der Waals surface area (Å²) in [6.07, 6.45) is 1.63. The monoisotopic (exact) mass is 464 g/mol. The molecular formula is C22H28N2O7S. The van der Waals surface area contributed by atoms with E-state index in [0.717, 1.165) is 12.8 Å². The molecule has 2 aromatic carbocycles. The summed E-state index contributed by atoms with van der Waals surface area (Å²) in [5.41, 5.74) is 0.612. The van der Waals surface area contributed by atoms with Crippen molar-refractivity contribution in [1.29, 1.82) is 0 Å². The van der Waals surface area contributed by atoms with Crippen LogP contribution in [0.15, 0.2) is 41.3 Å². The van der Waals surface area contributed by atoms with Gasteiger partial charge in [0.15, 0.2) is 11.5 Å². The fraction of sp³-hybridized carbons (Fsp3) is 0.409. The molecule has 10 heteroatoms. The third-order valence-corrected chi connectivity index (χ3v) is 6.88. The molecule has 1 aliphatic rings. The second-order valence-electron chi connectivity index (χ2n) is 7.10. The van der Waals surface area contributed by atoms with Crippen LogP contribution in [0.5, 0.6) is 17.2 Å². The molecule has 0 aromatic heterocycles. The maximum absolute atomic E-state index is 13.1. The molecule has 0 bridgehead atoms. The van der Waals surface area contributed by atoms with E-state index in [2.05, 4.69) is 5.32 Å². The number of nitrogens with one attached hydrogen (secondary N) is 1. The lowest BCUT2D eigenvalue weighted by molar-refractivity contribution is 0.102. The minimum absolute atomic E-state index is 0.0285. The molecule has 1 amide bonds. The maximum Gasteiger partial charge on any atom is 0.255 e. The number of benzene rings is 2. The third-order valence-electron chi connectivity index (χ3n) is 4.96. The molecule has 0 atom stereocenters. The molecule has 1 heterocycles. The highest BCUT2D eigenvalue weighted by molar-refractivity contribution is 7.89. The molecular weight excluding hydrogens is 436 g/mol. The van der Waals surface area contributed by atoms with Crippen LogP contribution in [0.3, 0.4) is 0 Å². The smallest absolute Gasteiger partial charge is 0.255 e. The van der Waals surface area contributed by atoms with Gasteiger partial charge in [0.25, 0.3) is 5.91 Å². The van der Waals surface area contributed by atoms with Gasteiger partial charge in [-0.05, 0) is 56.2 Å². The summed E-state index contributed by atoms with van der Waals surface area (Å²) in [5.74, 6) is 0.546. The van der Waals surface area contributed by atoms with Crippen LogP contribution < -0.4 is 19.5 Å². The third kappa shape index (κ3) is 5.32. The van der Waals surface area contributed by atoms with Crippen molar-refractivity contribution in [3.05, 3.63) is 42.0 Å². The first-order valence-corrected chi connectivity index (χ1v) is 11.8. The predicted octanol–water partition coefficient (Wildman–Crippen LogP) is 2.50. The van der Waals surface area contributed by atoms with Gasteiger partial charge in [-0.3, -0.25) is 4.79 Å². The fourth-order valence-corrected chi connectivity index (χ4v) is 5.09. The minimum Gasteiger partial charge on any atom is -0.493 e. The molecule has 1 aliphatic heterocycles. The average Bonchev–Trinajstić information content (AvgIpc) is 3.34. The number of nitrogens with zero attached hydrogens (tertiary/aromatic N) is 1. The van der Waals surface area contributed by atoms with Crippen LogP contribution in [-0.4, -0.2) is 63.8 Å². The van der Waals surface area contributed by atoms with Gasteiger partial charge in [-0.2, -0.15) is 4.31 Å². The van der Waals surface area contributed by atoms with Crippen LogP contribution in [0.4, 0.5) is 5.69 Å². The number of rotatable bonds is 10. The van der Waals surface area contributed by atoms with Gasteiger partial charge in [-0.25, -0.2) is 8.42 Å². The van der Waals surface area contributed by atoms with Crippen molar-refractivity contribution in [2.24, 2.45) is 0 Å². The Morgan fingerprint density at radius 3 is 2.44 bits per heavy atom. The molecule has 32 heavy (non-hydrogen) atoms. The number of anilines is 1. The van der Waals surface area contributed by atoms with Crippen molar-refractivity contribution in [3.63, 3.8) is 0 Å². The van der Waals surface area contributed by atoms with Gasteiger partial charge in [0.2, 0.25) is 10.0 Å². The van der Waals surface area contributed by atoms with Crippen LogP contribution in [0, 0.1) is 0 Å². The summed E-state index contributed by atoms with van der Waals surface area (Å²) in [7, 11) is -2.27. The van der Waals surface area contributed by atoms with E-state index in [-0.39, 0.29) is 29.4 Å². The normalized spacial score (nSPS) is 14.2. The molecule has 0 aliphatic carbocycles. The zero-order valence-electron chi connectivity index (χ0n) is 18.2. The highest BCUT2D eigenvalue weighted by atomic mass is 32.2. The lowest BCUT2D eigenvalue weighted by Crippen LogP contribution is -2.28. The van der Waals surface area contributed by atoms with E-state index in [9.17, 15) is 13.2 Å². The van der Waals surface area contributed by atoms with Gasteiger partial charge in [-0.1, -0.05) is 0 Å². The number of aliphatic hydroxyl groups excluding tert-OH is 1. The molecule has 1 saturated heterocycles. The summed E-state index contributed by atoms with van der Waals surface area (Å²) in [4.78, 5) is 12.8. The lowest BCUT2D eigenvalue weighted by Gasteiger charge is -2.19. The first kappa shape index (κ1) is 23.8. The average molecular weight is 465 g/mol. The number of aliphatic hydroxyl groups is 1. The van der Waals surface area contributed by atoms with E-state index in [1.54, 1.807) is 31.2 Å². The molecule has 2 aromatic rings. The number of ether oxygens (including phenoxy) is 3. The zero-order chi connectivity index (χ0) is 23.1. The van der Waals surface area contributed by atoms with E-state index in [4.69, 9.17) is 19.3 Å². The maximum atomic E-state index is 13.1. The van der Waals surface area contributed by atoms with Gasteiger partial charge in [0.05, 0.1) is 20.3 Å². The predicted molar refractivity (Wildman–Crippen MR) is 119 cm³/mol. The molecule has 0 saturated carbocycles. The van der Waals surface area contributed by atoms with Crippen LogP contribution in [-0.2, 0) is 10.0 Å². The quantitative estimate of drug-likeness (QED) is 0.555. The Balaban J connectivity index is 1.88.